The smallest absolute Gasteiger partial charge is 0.336 e. The molecule has 36 heavy (non-hydrogen) atoms. The molecule has 0 atom stereocenters. The van der Waals surface area contributed by atoms with Crippen molar-refractivity contribution < 1.29 is 14.7 Å². The van der Waals surface area contributed by atoms with Crippen molar-refractivity contribution in [3.8, 4) is 11.1 Å². The standard InChI is InChI=1S/C29H34ClN3O3/c1-18(2)16-33(17-19(3)4)27-25(30)14-21(23-8-6-7-9-24(23)28(34)35)15-26(27)32-29(36)31-22-12-10-20(5)11-13-22/h6-15,18-19H,16-17H2,1-5H3,(H,34,35)(H2,31,32,36). The minimum Gasteiger partial charge on any atom is -0.478 e. The Hall–Kier alpha value is -3.51. The minimum absolute atomic E-state index is 0.164. The lowest BCUT2D eigenvalue weighted by Crippen LogP contribution is -2.33. The highest BCUT2D eigenvalue weighted by atomic mass is 35.5. The Morgan fingerprint density at radius 1 is 0.917 bits per heavy atom. The molecule has 0 unspecified atom stereocenters. The number of hydrogen-bond acceptors (Lipinski definition) is 3. The van der Waals surface area contributed by atoms with Crippen LogP contribution in [0, 0.1) is 18.8 Å². The van der Waals surface area contributed by atoms with Crippen molar-refractivity contribution in [3.63, 3.8) is 0 Å². The van der Waals surface area contributed by atoms with Gasteiger partial charge in [-0.2, -0.15) is 0 Å². The molecule has 0 bridgehead atoms. The number of carbonyl (C=O) groups excluding carboxylic acids is 1. The summed E-state index contributed by atoms with van der Waals surface area (Å²) in [5.74, 6) is -0.304. The molecule has 3 aromatic carbocycles. The topological polar surface area (TPSA) is 81.7 Å². The molecule has 190 valence electrons. The van der Waals surface area contributed by atoms with E-state index in [-0.39, 0.29) is 5.56 Å². The van der Waals surface area contributed by atoms with E-state index in [1.165, 1.54) is 0 Å². The van der Waals surface area contributed by atoms with E-state index in [1.54, 1.807) is 36.4 Å². The second-order valence-corrected chi connectivity index (χ2v) is 10.2. The van der Waals surface area contributed by atoms with E-state index < -0.39 is 12.0 Å². The molecule has 3 aromatic rings. The zero-order valence-corrected chi connectivity index (χ0v) is 22.2. The second-order valence-electron chi connectivity index (χ2n) is 9.84. The van der Waals surface area contributed by atoms with E-state index in [1.807, 2.05) is 31.2 Å². The highest BCUT2D eigenvalue weighted by Gasteiger charge is 2.22. The lowest BCUT2D eigenvalue weighted by Gasteiger charge is -2.31. The number of benzene rings is 3. The van der Waals surface area contributed by atoms with Crippen molar-refractivity contribution in [2.24, 2.45) is 11.8 Å². The Labute approximate surface area is 218 Å². The summed E-state index contributed by atoms with van der Waals surface area (Å²) in [6.07, 6.45) is 0. The van der Waals surface area contributed by atoms with Crippen LogP contribution in [0.1, 0.15) is 43.6 Å². The summed E-state index contributed by atoms with van der Waals surface area (Å²) in [5, 5.41) is 16.0. The van der Waals surface area contributed by atoms with E-state index in [2.05, 4.69) is 43.2 Å². The first-order chi connectivity index (χ1) is 17.0. The maximum Gasteiger partial charge on any atom is 0.336 e. The first-order valence-electron chi connectivity index (χ1n) is 12.1. The van der Waals surface area contributed by atoms with Crippen LogP contribution in [-0.2, 0) is 0 Å². The number of aromatic carboxylic acids is 1. The maximum atomic E-state index is 13.0. The van der Waals surface area contributed by atoms with Crippen LogP contribution < -0.4 is 15.5 Å². The van der Waals surface area contributed by atoms with Crippen molar-refractivity contribution in [1.82, 2.24) is 0 Å². The lowest BCUT2D eigenvalue weighted by molar-refractivity contribution is 0.0697. The molecule has 0 spiro atoms. The lowest BCUT2D eigenvalue weighted by atomic mass is 9.98. The van der Waals surface area contributed by atoms with Crippen molar-refractivity contribution in [1.29, 1.82) is 0 Å². The highest BCUT2D eigenvalue weighted by molar-refractivity contribution is 6.34. The van der Waals surface area contributed by atoms with Crippen LogP contribution >= 0.6 is 11.6 Å². The third-order valence-corrected chi connectivity index (χ3v) is 5.86. The summed E-state index contributed by atoms with van der Waals surface area (Å²) in [6.45, 7) is 12.0. The summed E-state index contributed by atoms with van der Waals surface area (Å²) in [7, 11) is 0. The summed E-state index contributed by atoms with van der Waals surface area (Å²) in [4.78, 5) is 27.1. The molecular formula is C29H34ClN3O3. The van der Waals surface area contributed by atoms with Crippen LogP contribution in [0.5, 0.6) is 0 Å². The maximum absolute atomic E-state index is 13.0. The molecule has 0 heterocycles. The molecule has 6 nitrogen and oxygen atoms in total. The molecule has 3 N–H and O–H groups in total. The van der Waals surface area contributed by atoms with Gasteiger partial charge in [-0.1, -0.05) is 75.2 Å². The predicted octanol–water partition coefficient (Wildman–Crippen LogP) is 7.78. The van der Waals surface area contributed by atoms with E-state index in [0.717, 1.165) is 24.3 Å². The predicted molar refractivity (Wildman–Crippen MR) is 150 cm³/mol. The number of aryl methyl sites for hydroxylation is 1. The second kappa shape index (κ2) is 12.0. The number of carboxylic acid groups (broad SMARTS) is 1. The van der Waals surface area contributed by atoms with Crippen molar-refractivity contribution in [3.05, 3.63) is 76.8 Å². The number of nitrogens with zero attached hydrogens (tertiary/aromatic N) is 1. The van der Waals surface area contributed by atoms with Gasteiger partial charge in [0.05, 0.1) is 22.0 Å². The van der Waals surface area contributed by atoms with Crippen LogP contribution in [-0.4, -0.2) is 30.2 Å². The Kier molecular flexibility index (Phi) is 8.99. The van der Waals surface area contributed by atoms with Crippen LogP contribution in [0.25, 0.3) is 11.1 Å². The van der Waals surface area contributed by atoms with Gasteiger partial charge in [0.2, 0.25) is 0 Å². The number of rotatable bonds is 9. The van der Waals surface area contributed by atoms with Gasteiger partial charge in [0.25, 0.3) is 0 Å². The van der Waals surface area contributed by atoms with Crippen LogP contribution in [0.3, 0.4) is 0 Å². The average Bonchev–Trinajstić information content (AvgIpc) is 2.79. The zero-order valence-electron chi connectivity index (χ0n) is 21.4. The largest absolute Gasteiger partial charge is 0.478 e. The molecule has 0 saturated heterocycles. The molecule has 3 rings (SSSR count). The van der Waals surface area contributed by atoms with Gasteiger partial charge in [0.1, 0.15) is 0 Å². The first kappa shape index (κ1) is 27.1. The number of urea groups is 1. The van der Waals surface area contributed by atoms with Gasteiger partial charge >= 0.3 is 12.0 Å². The Balaban J connectivity index is 2.10. The quantitative estimate of drug-likeness (QED) is 0.276. The van der Waals surface area contributed by atoms with Crippen LogP contribution in [0.4, 0.5) is 21.9 Å². The molecule has 0 aromatic heterocycles. The van der Waals surface area contributed by atoms with Gasteiger partial charge in [0, 0.05) is 18.8 Å². The number of nitrogens with one attached hydrogen (secondary N) is 2. The minimum atomic E-state index is -1.03. The van der Waals surface area contributed by atoms with Gasteiger partial charge in [-0.3, -0.25) is 0 Å². The van der Waals surface area contributed by atoms with Gasteiger partial charge in [-0.15, -0.1) is 0 Å². The van der Waals surface area contributed by atoms with Crippen molar-refractivity contribution >= 4 is 40.7 Å². The Morgan fingerprint density at radius 2 is 1.53 bits per heavy atom. The fourth-order valence-corrected chi connectivity index (χ4v) is 4.49. The van der Waals surface area contributed by atoms with Crippen molar-refractivity contribution in [2.45, 2.75) is 34.6 Å². The number of carbonyl (C=O) groups is 2. The highest BCUT2D eigenvalue weighted by Crippen LogP contribution is 2.40. The molecule has 0 aliphatic rings. The molecule has 0 aliphatic heterocycles. The molecule has 0 radical (unpaired) electrons. The van der Waals surface area contributed by atoms with E-state index in [0.29, 0.717) is 39.4 Å². The number of carboxylic acids is 1. The van der Waals surface area contributed by atoms with Gasteiger partial charge in [-0.25, -0.2) is 9.59 Å². The van der Waals surface area contributed by atoms with Crippen LogP contribution in [0.2, 0.25) is 5.02 Å². The Bertz CT molecular complexity index is 1210. The summed E-state index contributed by atoms with van der Waals surface area (Å²) < 4.78 is 0. The van der Waals surface area contributed by atoms with E-state index in [9.17, 15) is 14.7 Å². The number of hydrogen-bond donors (Lipinski definition) is 3. The SMILES string of the molecule is Cc1ccc(NC(=O)Nc2cc(-c3ccccc3C(=O)O)cc(Cl)c2N(CC(C)C)CC(C)C)cc1. The zero-order chi connectivity index (χ0) is 26.4. The fourth-order valence-electron chi connectivity index (χ4n) is 4.15. The number of amides is 2. The Morgan fingerprint density at radius 3 is 2.11 bits per heavy atom. The molecule has 0 fully saturated rings. The molecule has 0 saturated carbocycles. The fraction of sp³-hybridized carbons (Fsp3) is 0.310. The monoisotopic (exact) mass is 507 g/mol. The van der Waals surface area contributed by atoms with E-state index >= 15 is 0 Å². The number of halogens is 1. The summed E-state index contributed by atoms with van der Waals surface area (Å²) >= 11 is 6.88. The third-order valence-electron chi connectivity index (χ3n) is 5.58. The van der Waals surface area contributed by atoms with Crippen molar-refractivity contribution in [2.75, 3.05) is 28.6 Å². The molecule has 0 aliphatic carbocycles. The summed E-state index contributed by atoms with van der Waals surface area (Å²) in [6, 6.07) is 17.5. The first-order valence-corrected chi connectivity index (χ1v) is 12.5. The third kappa shape index (κ3) is 7.01. The average molecular weight is 508 g/mol. The molecule has 7 heteroatoms. The van der Waals surface area contributed by atoms with Gasteiger partial charge in [-0.05, 0) is 60.2 Å². The number of anilines is 3. The van der Waals surface area contributed by atoms with Gasteiger partial charge in [0.15, 0.2) is 0 Å². The van der Waals surface area contributed by atoms with E-state index in [4.69, 9.17) is 11.6 Å². The normalized spacial score (nSPS) is 11.0. The van der Waals surface area contributed by atoms with Crippen LogP contribution in [0.15, 0.2) is 60.7 Å². The summed E-state index contributed by atoms with van der Waals surface area (Å²) in [5.41, 5.74) is 4.30. The molecule has 2 amide bonds. The van der Waals surface area contributed by atoms with Gasteiger partial charge < -0.3 is 20.6 Å². The molecular weight excluding hydrogens is 474 g/mol.